The predicted molar refractivity (Wildman–Crippen MR) is 72.8 cm³/mol. The maximum absolute atomic E-state index is 12.1. The van der Waals surface area contributed by atoms with Crippen LogP contribution in [0.4, 0.5) is 0 Å². The lowest BCUT2D eigenvalue weighted by Gasteiger charge is -2.29. The summed E-state index contributed by atoms with van der Waals surface area (Å²) in [7, 11) is 1.97. The highest BCUT2D eigenvalue weighted by molar-refractivity contribution is 5.76. The monoisotopic (exact) mass is 239 g/mol. The van der Waals surface area contributed by atoms with Crippen molar-refractivity contribution in [1.82, 2.24) is 4.90 Å². The van der Waals surface area contributed by atoms with Gasteiger partial charge < -0.3 is 4.90 Å². The van der Waals surface area contributed by atoms with Gasteiger partial charge in [0.15, 0.2) is 0 Å². The molecule has 1 fully saturated rings. The van der Waals surface area contributed by atoms with Crippen LogP contribution >= 0.6 is 0 Å². The number of hydrogen-bond donors (Lipinski definition) is 0. The van der Waals surface area contributed by atoms with E-state index in [4.69, 9.17) is 0 Å². The smallest absolute Gasteiger partial charge is 0.222 e. The zero-order valence-electron chi connectivity index (χ0n) is 12.3. The van der Waals surface area contributed by atoms with E-state index in [9.17, 15) is 4.79 Å². The van der Waals surface area contributed by atoms with Crippen molar-refractivity contribution in [2.45, 2.75) is 59.8 Å². The molecule has 0 spiro atoms. The van der Waals surface area contributed by atoms with E-state index in [-0.39, 0.29) is 5.41 Å². The second kappa shape index (κ2) is 5.88. The average molecular weight is 239 g/mol. The second-order valence-corrected chi connectivity index (χ2v) is 6.90. The van der Waals surface area contributed by atoms with E-state index < -0.39 is 0 Å². The van der Waals surface area contributed by atoms with Crippen molar-refractivity contribution in [3.63, 3.8) is 0 Å². The number of rotatable bonds is 4. The third-order valence-corrected chi connectivity index (χ3v) is 4.39. The van der Waals surface area contributed by atoms with E-state index in [1.165, 1.54) is 25.7 Å². The van der Waals surface area contributed by atoms with Gasteiger partial charge in [-0.1, -0.05) is 40.5 Å². The van der Waals surface area contributed by atoms with Gasteiger partial charge in [0, 0.05) is 20.0 Å². The van der Waals surface area contributed by atoms with Crippen LogP contribution in [0.15, 0.2) is 0 Å². The van der Waals surface area contributed by atoms with E-state index in [0.717, 1.165) is 12.5 Å². The summed E-state index contributed by atoms with van der Waals surface area (Å²) in [6, 6.07) is 0. The standard InChI is InChI=1S/C15H29NO/c1-12(15(2,3)4)10-14(17)16(5)11-13-8-6-7-9-13/h12-13H,6-11H2,1-5H3. The van der Waals surface area contributed by atoms with Crippen LogP contribution in [-0.2, 0) is 4.79 Å². The summed E-state index contributed by atoms with van der Waals surface area (Å²) in [6.07, 6.45) is 6.02. The molecule has 2 nitrogen and oxygen atoms in total. The van der Waals surface area contributed by atoms with Gasteiger partial charge in [0.05, 0.1) is 0 Å². The molecule has 0 aromatic heterocycles. The Bertz CT molecular complexity index is 248. The van der Waals surface area contributed by atoms with Crippen LogP contribution in [0.25, 0.3) is 0 Å². The Morgan fingerprint density at radius 1 is 1.29 bits per heavy atom. The molecule has 0 aliphatic heterocycles. The molecule has 1 rings (SSSR count). The molecule has 0 heterocycles. The molecular weight excluding hydrogens is 210 g/mol. The van der Waals surface area contributed by atoms with Crippen LogP contribution in [0, 0.1) is 17.3 Å². The molecule has 0 N–H and O–H groups in total. The Morgan fingerprint density at radius 2 is 1.82 bits per heavy atom. The summed E-state index contributed by atoms with van der Waals surface area (Å²) in [5.74, 6) is 1.52. The van der Waals surface area contributed by atoms with Crippen molar-refractivity contribution < 1.29 is 4.79 Å². The molecule has 2 heteroatoms. The molecule has 1 aliphatic carbocycles. The minimum absolute atomic E-state index is 0.226. The quantitative estimate of drug-likeness (QED) is 0.732. The van der Waals surface area contributed by atoms with Crippen LogP contribution in [-0.4, -0.2) is 24.4 Å². The number of hydrogen-bond acceptors (Lipinski definition) is 1. The van der Waals surface area contributed by atoms with Gasteiger partial charge in [-0.05, 0) is 30.1 Å². The number of carbonyl (C=O) groups is 1. The molecule has 0 aromatic carbocycles. The summed E-state index contributed by atoms with van der Waals surface area (Å²) >= 11 is 0. The summed E-state index contributed by atoms with van der Waals surface area (Å²) in [5, 5.41) is 0. The maximum Gasteiger partial charge on any atom is 0.222 e. The SMILES string of the molecule is CC(CC(=O)N(C)CC1CCCC1)C(C)(C)C. The van der Waals surface area contributed by atoms with E-state index >= 15 is 0 Å². The van der Waals surface area contributed by atoms with Gasteiger partial charge in [-0.2, -0.15) is 0 Å². The van der Waals surface area contributed by atoms with Gasteiger partial charge in [-0.25, -0.2) is 0 Å². The maximum atomic E-state index is 12.1. The molecule has 1 unspecified atom stereocenters. The minimum atomic E-state index is 0.226. The Balaban J connectivity index is 2.36. The highest BCUT2D eigenvalue weighted by Gasteiger charge is 2.25. The Labute approximate surface area is 107 Å². The minimum Gasteiger partial charge on any atom is -0.345 e. The molecule has 1 amide bonds. The fraction of sp³-hybridized carbons (Fsp3) is 0.933. The van der Waals surface area contributed by atoms with Crippen LogP contribution in [0.3, 0.4) is 0 Å². The topological polar surface area (TPSA) is 20.3 Å². The van der Waals surface area contributed by atoms with E-state index in [0.29, 0.717) is 18.2 Å². The molecule has 0 bridgehead atoms. The second-order valence-electron chi connectivity index (χ2n) is 6.90. The third-order valence-electron chi connectivity index (χ3n) is 4.39. The van der Waals surface area contributed by atoms with Crippen molar-refractivity contribution in [3.05, 3.63) is 0 Å². The molecule has 0 radical (unpaired) electrons. The fourth-order valence-corrected chi connectivity index (χ4v) is 2.41. The number of carbonyl (C=O) groups excluding carboxylic acids is 1. The first kappa shape index (κ1) is 14.5. The van der Waals surface area contributed by atoms with Crippen molar-refractivity contribution in [2.75, 3.05) is 13.6 Å². The lowest BCUT2D eigenvalue weighted by molar-refractivity contribution is -0.132. The predicted octanol–water partition coefficient (Wildman–Crippen LogP) is 3.71. The van der Waals surface area contributed by atoms with Gasteiger partial charge >= 0.3 is 0 Å². The van der Waals surface area contributed by atoms with Crippen LogP contribution in [0.2, 0.25) is 0 Å². The highest BCUT2D eigenvalue weighted by atomic mass is 16.2. The Hall–Kier alpha value is -0.530. The fourth-order valence-electron chi connectivity index (χ4n) is 2.41. The zero-order valence-corrected chi connectivity index (χ0v) is 12.3. The van der Waals surface area contributed by atoms with E-state index in [1.54, 1.807) is 0 Å². The van der Waals surface area contributed by atoms with Gasteiger partial charge in [0.25, 0.3) is 0 Å². The number of amides is 1. The zero-order chi connectivity index (χ0) is 13.1. The molecule has 1 aliphatic rings. The highest BCUT2D eigenvalue weighted by Crippen LogP contribution is 2.29. The van der Waals surface area contributed by atoms with E-state index in [2.05, 4.69) is 27.7 Å². The largest absolute Gasteiger partial charge is 0.345 e. The van der Waals surface area contributed by atoms with Crippen LogP contribution in [0.5, 0.6) is 0 Å². The molecule has 1 atom stereocenters. The van der Waals surface area contributed by atoms with Crippen molar-refractivity contribution in [2.24, 2.45) is 17.3 Å². The van der Waals surface area contributed by atoms with Gasteiger partial charge in [-0.15, -0.1) is 0 Å². The molecule has 0 aromatic rings. The van der Waals surface area contributed by atoms with Crippen LogP contribution in [0.1, 0.15) is 59.8 Å². The summed E-state index contributed by atoms with van der Waals surface area (Å²) in [5.41, 5.74) is 0.226. The third kappa shape index (κ3) is 4.69. The van der Waals surface area contributed by atoms with Crippen molar-refractivity contribution in [1.29, 1.82) is 0 Å². The first-order valence-corrected chi connectivity index (χ1v) is 7.04. The van der Waals surface area contributed by atoms with Crippen molar-refractivity contribution >= 4 is 5.91 Å². The normalized spacial score (nSPS) is 19.4. The lowest BCUT2D eigenvalue weighted by Crippen LogP contribution is -2.34. The van der Waals surface area contributed by atoms with E-state index in [1.807, 2.05) is 11.9 Å². The molecule has 1 saturated carbocycles. The molecular formula is C15H29NO. The Kier molecular flexibility index (Phi) is 5.03. The summed E-state index contributed by atoms with van der Waals surface area (Å²) < 4.78 is 0. The van der Waals surface area contributed by atoms with Crippen LogP contribution < -0.4 is 0 Å². The lowest BCUT2D eigenvalue weighted by atomic mass is 9.80. The first-order valence-electron chi connectivity index (χ1n) is 7.04. The first-order chi connectivity index (χ1) is 7.80. The molecule has 100 valence electrons. The number of nitrogens with zero attached hydrogens (tertiary/aromatic N) is 1. The Morgan fingerprint density at radius 3 is 2.29 bits per heavy atom. The molecule has 0 saturated heterocycles. The van der Waals surface area contributed by atoms with Gasteiger partial charge in [0.2, 0.25) is 5.91 Å². The molecule has 17 heavy (non-hydrogen) atoms. The van der Waals surface area contributed by atoms with Gasteiger partial charge in [0.1, 0.15) is 0 Å². The summed E-state index contributed by atoms with van der Waals surface area (Å²) in [6.45, 7) is 9.78. The van der Waals surface area contributed by atoms with Gasteiger partial charge in [-0.3, -0.25) is 4.79 Å². The summed E-state index contributed by atoms with van der Waals surface area (Å²) in [4.78, 5) is 14.1. The van der Waals surface area contributed by atoms with Crippen molar-refractivity contribution in [3.8, 4) is 0 Å². The average Bonchev–Trinajstić information content (AvgIpc) is 2.68.